The lowest BCUT2D eigenvalue weighted by atomic mass is 10.1. The van der Waals surface area contributed by atoms with Gasteiger partial charge >= 0.3 is 0 Å². The zero-order valence-corrected chi connectivity index (χ0v) is 17.5. The van der Waals surface area contributed by atoms with E-state index < -0.39 is 0 Å². The van der Waals surface area contributed by atoms with Gasteiger partial charge in [0.15, 0.2) is 0 Å². The number of aryl methyl sites for hydroxylation is 2. The quantitative estimate of drug-likeness (QED) is 0.437. The minimum absolute atomic E-state index is 0.903. The molecule has 7 heteroatoms. The summed E-state index contributed by atoms with van der Waals surface area (Å²) in [4.78, 5) is 12.4. The molecule has 152 valence electrons. The van der Waals surface area contributed by atoms with Crippen molar-refractivity contribution in [3.05, 3.63) is 72.7 Å². The smallest absolute Gasteiger partial charge is 0.116 e. The molecule has 0 radical (unpaired) electrons. The maximum absolute atomic E-state index is 4.63. The molecule has 0 unspecified atom stereocenters. The Balaban J connectivity index is 1.52. The van der Waals surface area contributed by atoms with E-state index in [2.05, 4.69) is 76.7 Å². The number of rotatable bonds is 3. The molecule has 0 saturated heterocycles. The predicted octanol–water partition coefficient (Wildman–Crippen LogP) is 4.91. The van der Waals surface area contributed by atoms with E-state index in [-0.39, 0.29) is 0 Å². The van der Waals surface area contributed by atoms with Crippen molar-refractivity contribution in [2.24, 2.45) is 7.05 Å². The van der Waals surface area contributed by atoms with Gasteiger partial charge in [-0.2, -0.15) is 5.10 Å². The van der Waals surface area contributed by atoms with Gasteiger partial charge in [0.25, 0.3) is 0 Å². The number of fused-ring (bicyclic) bond motifs is 2. The first kappa shape index (κ1) is 17.7. The van der Waals surface area contributed by atoms with E-state index in [0.717, 1.165) is 61.7 Å². The van der Waals surface area contributed by atoms with Crippen LogP contribution in [0, 0.1) is 13.8 Å². The first-order valence-corrected chi connectivity index (χ1v) is 10.2. The Morgan fingerprint density at radius 1 is 0.935 bits per heavy atom. The van der Waals surface area contributed by atoms with Crippen LogP contribution < -0.4 is 0 Å². The molecule has 0 fully saturated rings. The average Bonchev–Trinajstić information content (AvgIpc) is 3.54. The molecular weight excluding hydrogens is 386 g/mol. The van der Waals surface area contributed by atoms with E-state index in [0.29, 0.717) is 0 Å². The summed E-state index contributed by atoms with van der Waals surface area (Å²) in [6, 6.07) is 14.8. The van der Waals surface area contributed by atoms with Crippen molar-refractivity contribution in [2.45, 2.75) is 13.8 Å². The summed E-state index contributed by atoms with van der Waals surface area (Å²) < 4.78 is 4.16. The highest BCUT2D eigenvalue weighted by Crippen LogP contribution is 2.33. The molecule has 31 heavy (non-hydrogen) atoms. The number of aromatic nitrogens is 7. The van der Waals surface area contributed by atoms with Gasteiger partial charge in [0.1, 0.15) is 11.5 Å². The molecule has 7 nitrogen and oxygen atoms in total. The fraction of sp³-hybridized carbons (Fsp3) is 0.125. The number of aromatic amines is 2. The van der Waals surface area contributed by atoms with Crippen molar-refractivity contribution in [1.82, 2.24) is 34.3 Å². The van der Waals surface area contributed by atoms with E-state index in [1.54, 1.807) is 0 Å². The third-order valence-electron chi connectivity index (χ3n) is 5.97. The Morgan fingerprint density at radius 3 is 2.61 bits per heavy atom. The van der Waals surface area contributed by atoms with Crippen LogP contribution in [0.15, 0.2) is 61.2 Å². The SMILES string of the molecule is Cc1cn(-c2cccc3[nH]c(-c4n[nH]c5ccc(-c6cnc(C)n6C)cc45)cc23)cn1. The molecule has 0 spiro atoms. The number of hydrogen-bond donors (Lipinski definition) is 2. The second kappa shape index (κ2) is 6.43. The van der Waals surface area contributed by atoms with Crippen LogP contribution in [0.25, 0.3) is 50.1 Å². The lowest BCUT2D eigenvalue weighted by molar-refractivity contribution is 0.865. The summed E-state index contributed by atoms with van der Waals surface area (Å²) in [5.74, 6) is 0.986. The zero-order valence-electron chi connectivity index (χ0n) is 17.5. The minimum Gasteiger partial charge on any atom is -0.353 e. The van der Waals surface area contributed by atoms with Gasteiger partial charge in [-0.1, -0.05) is 12.1 Å². The van der Waals surface area contributed by atoms with E-state index in [1.807, 2.05) is 39.6 Å². The number of H-pyrrole nitrogens is 2. The highest BCUT2D eigenvalue weighted by atomic mass is 15.1. The average molecular weight is 407 g/mol. The first-order chi connectivity index (χ1) is 15.1. The van der Waals surface area contributed by atoms with Crippen molar-refractivity contribution in [3.63, 3.8) is 0 Å². The van der Waals surface area contributed by atoms with Gasteiger partial charge in [0, 0.05) is 35.1 Å². The molecule has 2 aromatic carbocycles. The van der Waals surface area contributed by atoms with Gasteiger partial charge in [0.05, 0.1) is 40.8 Å². The van der Waals surface area contributed by atoms with Gasteiger partial charge in [-0.15, -0.1) is 0 Å². The van der Waals surface area contributed by atoms with Gasteiger partial charge in [-0.3, -0.25) is 5.10 Å². The van der Waals surface area contributed by atoms with Crippen LogP contribution in [0.1, 0.15) is 11.5 Å². The normalized spacial score (nSPS) is 11.7. The van der Waals surface area contributed by atoms with Crippen LogP contribution >= 0.6 is 0 Å². The second-order valence-corrected chi connectivity index (χ2v) is 7.93. The van der Waals surface area contributed by atoms with E-state index >= 15 is 0 Å². The molecule has 6 aromatic rings. The van der Waals surface area contributed by atoms with E-state index in [9.17, 15) is 0 Å². The fourth-order valence-corrected chi connectivity index (χ4v) is 4.19. The van der Waals surface area contributed by atoms with Crippen LogP contribution in [0.4, 0.5) is 0 Å². The van der Waals surface area contributed by atoms with Crippen molar-refractivity contribution in [1.29, 1.82) is 0 Å². The Kier molecular flexibility index (Phi) is 3.67. The number of imidazole rings is 2. The highest BCUT2D eigenvalue weighted by molar-refractivity contribution is 5.99. The summed E-state index contributed by atoms with van der Waals surface area (Å²) in [5, 5.41) is 10.0. The summed E-state index contributed by atoms with van der Waals surface area (Å²) in [5.41, 5.74) is 8.22. The van der Waals surface area contributed by atoms with Gasteiger partial charge in [0.2, 0.25) is 0 Å². The predicted molar refractivity (Wildman–Crippen MR) is 122 cm³/mol. The van der Waals surface area contributed by atoms with Crippen LogP contribution in [-0.4, -0.2) is 34.3 Å². The van der Waals surface area contributed by atoms with Crippen LogP contribution in [0.2, 0.25) is 0 Å². The maximum Gasteiger partial charge on any atom is 0.116 e. The van der Waals surface area contributed by atoms with Crippen molar-refractivity contribution in [2.75, 3.05) is 0 Å². The summed E-state index contributed by atoms with van der Waals surface area (Å²) >= 11 is 0. The molecule has 0 amide bonds. The summed E-state index contributed by atoms with van der Waals surface area (Å²) in [6.07, 6.45) is 5.80. The summed E-state index contributed by atoms with van der Waals surface area (Å²) in [6.45, 7) is 4.01. The van der Waals surface area contributed by atoms with E-state index in [1.165, 1.54) is 0 Å². The van der Waals surface area contributed by atoms with Gasteiger partial charge in [-0.25, -0.2) is 9.97 Å². The number of hydrogen-bond acceptors (Lipinski definition) is 3. The molecule has 0 saturated carbocycles. The largest absolute Gasteiger partial charge is 0.353 e. The Morgan fingerprint density at radius 2 is 1.84 bits per heavy atom. The number of benzene rings is 2. The highest BCUT2D eigenvalue weighted by Gasteiger charge is 2.15. The molecule has 0 bridgehead atoms. The third kappa shape index (κ3) is 2.70. The van der Waals surface area contributed by atoms with E-state index in [4.69, 9.17) is 0 Å². The van der Waals surface area contributed by atoms with Crippen LogP contribution in [0.5, 0.6) is 0 Å². The van der Waals surface area contributed by atoms with Crippen LogP contribution in [0.3, 0.4) is 0 Å². The third-order valence-corrected chi connectivity index (χ3v) is 5.97. The Hall–Kier alpha value is -4.13. The molecule has 0 atom stereocenters. The fourth-order valence-electron chi connectivity index (χ4n) is 4.19. The lowest BCUT2D eigenvalue weighted by Gasteiger charge is -2.04. The number of nitrogens with zero attached hydrogens (tertiary/aromatic N) is 5. The second-order valence-electron chi connectivity index (χ2n) is 7.93. The molecular formula is C24H21N7. The van der Waals surface area contributed by atoms with Crippen molar-refractivity contribution >= 4 is 21.8 Å². The molecule has 4 heterocycles. The topological polar surface area (TPSA) is 80.1 Å². The molecule has 0 aliphatic carbocycles. The Bertz CT molecular complexity index is 1570. The minimum atomic E-state index is 0.903. The molecule has 2 N–H and O–H groups in total. The number of nitrogens with one attached hydrogen (secondary N) is 2. The molecule has 0 aliphatic heterocycles. The first-order valence-electron chi connectivity index (χ1n) is 10.2. The standard InChI is InChI=1S/C24H21N7/c1-14-12-31(13-26-14)22-6-4-5-19-17(22)10-21(27-19)24-18-9-16(7-8-20(18)28-29-24)23-11-25-15(2)30(23)3/h4-13,27H,1-3H3,(H,28,29). The van der Waals surface area contributed by atoms with Crippen molar-refractivity contribution < 1.29 is 0 Å². The van der Waals surface area contributed by atoms with Crippen molar-refractivity contribution in [3.8, 4) is 28.3 Å². The zero-order chi connectivity index (χ0) is 21.1. The molecule has 4 aromatic heterocycles. The lowest BCUT2D eigenvalue weighted by Crippen LogP contribution is -1.94. The monoisotopic (exact) mass is 407 g/mol. The van der Waals surface area contributed by atoms with Crippen LogP contribution in [-0.2, 0) is 7.05 Å². The molecule has 0 aliphatic rings. The Labute approximate surface area is 178 Å². The molecule has 6 rings (SSSR count). The van der Waals surface area contributed by atoms with Gasteiger partial charge < -0.3 is 14.1 Å². The summed E-state index contributed by atoms with van der Waals surface area (Å²) in [7, 11) is 2.04. The van der Waals surface area contributed by atoms with Gasteiger partial charge in [-0.05, 0) is 44.2 Å². The maximum atomic E-state index is 4.63.